The molecule has 1 aliphatic heterocycles. The van der Waals surface area contributed by atoms with Crippen molar-refractivity contribution in [2.24, 2.45) is 0 Å². The Kier molecular flexibility index (Phi) is 6.80. The lowest BCUT2D eigenvalue weighted by Gasteiger charge is -2.34. The van der Waals surface area contributed by atoms with Gasteiger partial charge in [0.1, 0.15) is 5.82 Å². The topological polar surface area (TPSA) is 108 Å². The van der Waals surface area contributed by atoms with Crippen LogP contribution in [0.3, 0.4) is 0 Å². The third-order valence-corrected chi connectivity index (χ3v) is 7.44. The van der Waals surface area contributed by atoms with Crippen LogP contribution in [0.1, 0.15) is 18.2 Å². The van der Waals surface area contributed by atoms with Crippen molar-refractivity contribution in [3.8, 4) is 0 Å². The van der Waals surface area contributed by atoms with Gasteiger partial charge in [-0.25, -0.2) is 13.4 Å². The maximum atomic E-state index is 13.1. The minimum absolute atomic E-state index is 0.205. The molecule has 178 valence electrons. The molecule has 1 amide bonds. The molecule has 0 radical (unpaired) electrons. The molecule has 1 saturated heterocycles. The van der Waals surface area contributed by atoms with Gasteiger partial charge in [-0.3, -0.25) is 4.79 Å². The SMILES string of the molecule is CC(=O)Nc1ccc(S(=O)(=O)N2CCN(c3cc(C)nc(Nc4ccc(C)cc4)n3)CC2)cc1. The number of hydrogen-bond donors (Lipinski definition) is 2. The summed E-state index contributed by atoms with van der Waals surface area (Å²) in [4.78, 5) is 22.6. The Labute approximate surface area is 199 Å². The van der Waals surface area contributed by atoms with E-state index in [9.17, 15) is 13.2 Å². The Morgan fingerprint density at radius 2 is 1.50 bits per heavy atom. The van der Waals surface area contributed by atoms with Crippen LogP contribution in [0, 0.1) is 13.8 Å². The van der Waals surface area contributed by atoms with Crippen LogP contribution >= 0.6 is 0 Å². The third kappa shape index (κ3) is 5.52. The number of aromatic nitrogens is 2. The van der Waals surface area contributed by atoms with E-state index in [-0.39, 0.29) is 10.8 Å². The number of piperazine rings is 1. The number of nitrogens with one attached hydrogen (secondary N) is 2. The highest BCUT2D eigenvalue weighted by molar-refractivity contribution is 7.89. The molecule has 2 N–H and O–H groups in total. The van der Waals surface area contributed by atoms with Crippen molar-refractivity contribution in [1.82, 2.24) is 14.3 Å². The number of aryl methyl sites for hydroxylation is 2. The van der Waals surface area contributed by atoms with Crippen LogP contribution in [-0.2, 0) is 14.8 Å². The van der Waals surface area contributed by atoms with Crippen LogP contribution < -0.4 is 15.5 Å². The molecule has 34 heavy (non-hydrogen) atoms. The molecule has 3 aromatic rings. The molecule has 2 aromatic carbocycles. The van der Waals surface area contributed by atoms with Gasteiger partial charge in [0, 0.05) is 56.2 Å². The summed E-state index contributed by atoms with van der Waals surface area (Å²) >= 11 is 0. The van der Waals surface area contributed by atoms with E-state index in [0.717, 1.165) is 17.2 Å². The van der Waals surface area contributed by atoms with Crippen molar-refractivity contribution >= 4 is 39.1 Å². The van der Waals surface area contributed by atoms with Gasteiger partial charge in [0.2, 0.25) is 21.9 Å². The zero-order valence-electron chi connectivity index (χ0n) is 19.4. The first-order valence-corrected chi connectivity index (χ1v) is 12.5. The summed E-state index contributed by atoms with van der Waals surface area (Å²) < 4.78 is 27.6. The summed E-state index contributed by atoms with van der Waals surface area (Å²) in [6.45, 7) is 7.08. The molecule has 4 rings (SSSR count). The summed E-state index contributed by atoms with van der Waals surface area (Å²) in [7, 11) is -3.62. The van der Waals surface area contributed by atoms with Gasteiger partial charge in [0.05, 0.1) is 4.90 Å². The molecule has 0 aliphatic carbocycles. The van der Waals surface area contributed by atoms with Gasteiger partial charge < -0.3 is 15.5 Å². The van der Waals surface area contributed by atoms with Gasteiger partial charge >= 0.3 is 0 Å². The van der Waals surface area contributed by atoms with Crippen molar-refractivity contribution in [3.63, 3.8) is 0 Å². The lowest BCUT2D eigenvalue weighted by molar-refractivity contribution is -0.114. The summed E-state index contributed by atoms with van der Waals surface area (Å²) in [5.74, 6) is 1.07. The van der Waals surface area contributed by atoms with Gasteiger partial charge in [-0.05, 0) is 50.2 Å². The maximum Gasteiger partial charge on any atom is 0.243 e. The number of amides is 1. The summed E-state index contributed by atoms with van der Waals surface area (Å²) in [5.41, 5.74) is 3.47. The first kappa shape index (κ1) is 23.7. The van der Waals surface area contributed by atoms with E-state index < -0.39 is 10.0 Å². The van der Waals surface area contributed by atoms with Crippen molar-refractivity contribution in [2.75, 3.05) is 41.7 Å². The molecule has 0 atom stereocenters. The number of rotatable bonds is 6. The van der Waals surface area contributed by atoms with Gasteiger partial charge in [-0.2, -0.15) is 9.29 Å². The first-order chi connectivity index (χ1) is 16.2. The Balaban J connectivity index is 1.43. The monoisotopic (exact) mass is 480 g/mol. The molecule has 1 fully saturated rings. The lowest BCUT2D eigenvalue weighted by Crippen LogP contribution is -2.49. The highest BCUT2D eigenvalue weighted by Crippen LogP contribution is 2.23. The molecule has 1 aromatic heterocycles. The number of sulfonamides is 1. The number of nitrogens with zero attached hydrogens (tertiary/aromatic N) is 4. The van der Waals surface area contributed by atoms with E-state index in [1.807, 2.05) is 44.2 Å². The van der Waals surface area contributed by atoms with Gasteiger partial charge in [-0.1, -0.05) is 17.7 Å². The first-order valence-electron chi connectivity index (χ1n) is 11.0. The zero-order chi connectivity index (χ0) is 24.3. The quantitative estimate of drug-likeness (QED) is 0.557. The highest BCUT2D eigenvalue weighted by atomic mass is 32.2. The Hall–Kier alpha value is -3.50. The zero-order valence-corrected chi connectivity index (χ0v) is 20.3. The Morgan fingerprint density at radius 3 is 2.12 bits per heavy atom. The third-order valence-electron chi connectivity index (χ3n) is 5.52. The van der Waals surface area contributed by atoms with Gasteiger partial charge in [0.25, 0.3) is 0 Å². The highest BCUT2D eigenvalue weighted by Gasteiger charge is 2.29. The molecule has 2 heterocycles. The van der Waals surface area contributed by atoms with E-state index in [1.54, 1.807) is 12.1 Å². The van der Waals surface area contributed by atoms with Crippen molar-refractivity contribution in [1.29, 1.82) is 0 Å². The van der Waals surface area contributed by atoms with Crippen LogP contribution in [0.2, 0.25) is 0 Å². The normalized spacial score (nSPS) is 14.6. The van der Waals surface area contributed by atoms with E-state index in [0.29, 0.717) is 37.8 Å². The molecule has 0 saturated carbocycles. The second-order valence-electron chi connectivity index (χ2n) is 8.28. The average molecular weight is 481 g/mol. The molecule has 1 aliphatic rings. The standard InChI is InChI=1S/C24H28N6O3S/c1-17-4-6-21(7-5-17)27-24-25-18(2)16-23(28-24)29-12-14-30(15-13-29)34(32,33)22-10-8-20(9-11-22)26-19(3)31/h4-11,16H,12-15H2,1-3H3,(H,26,31)(H,25,27,28). The van der Waals surface area contributed by atoms with Crippen molar-refractivity contribution in [3.05, 3.63) is 65.9 Å². The minimum atomic E-state index is -3.62. The summed E-state index contributed by atoms with van der Waals surface area (Å²) in [6, 6.07) is 16.1. The predicted molar refractivity (Wildman–Crippen MR) is 133 cm³/mol. The fourth-order valence-electron chi connectivity index (χ4n) is 3.76. The van der Waals surface area contributed by atoms with Crippen LogP contribution in [0.4, 0.5) is 23.1 Å². The number of carbonyl (C=O) groups is 1. The fourth-order valence-corrected chi connectivity index (χ4v) is 5.18. The molecular formula is C24H28N6O3S. The van der Waals surface area contributed by atoms with Gasteiger partial charge in [-0.15, -0.1) is 0 Å². The Bertz CT molecular complexity index is 1270. The van der Waals surface area contributed by atoms with Crippen molar-refractivity contribution in [2.45, 2.75) is 25.7 Å². The largest absolute Gasteiger partial charge is 0.354 e. The van der Waals surface area contributed by atoms with Crippen LogP contribution in [0.5, 0.6) is 0 Å². The number of anilines is 4. The average Bonchev–Trinajstić information content (AvgIpc) is 2.80. The number of carbonyl (C=O) groups excluding carboxylic acids is 1. The van der Waals surface area contributed by atoms with Crippen LogP contribution in [0.15, 0.2) is 59.5 Å². The number of hydrogen-bond acceptors (Lipinski definition) is 7. The summed E-state index contributed by atoms with van der Waals surface area (Å²) in [6.07, 6.45) is 0. The second kappa shape index (κ2) is 9.78. The molecule has 0 unspecified atom stereocenters. The second-order valence-corrected chi connectivity index (χ2v) is 10.2. The molecule has 0 bridgehead atoms. The summed E-state index contributed by atoms with van der Waals surface area (Å²) in [5, 5.41) is 5.88. The van der Waals surface area contributed by atoms with Gasteiger partial charge in [0.15, 0.2) is 0 Å². The lowest BCUT2D eigenvalue weighted by atomic mass is 10.2. The van der Waals surface area contributed by atoms with E-state index in [2.05, 4.69) is 25.5 Å². The predicted octanol–water partition coefficient (Wildman–Crippen LogP) is 3.31. The minimum Gasteiger partial charge on any atom is -0.354 e. The molecule has 10 heteroatoms. The number of benzene rings is 2. The van der Waals surface area contributed by atoms with Crippen LogP contribution in [0.25, 0.3) is 0 Å². The fraction of sp³-hybridized carbons (Fsp3) is 0.292. The van der Waals surface area contributed by atoms with E-state index >= 15 is 0 Å². The molecule has 9 nitrogen and oxygen atoms in total. The smallest absolute Gasteiger partial charge is 0.243 e. The van der Waals surface area contributed by atoms with E-state index in [4.69, 9.17) is 0 Å². The Morgan fingerprint density at radius 1 is 0.882 bits per heavy atom. The maximum absolute atomic E-state index is 13.1. The van der Waals surface area contributed by atoms with E-state index in [1.165, 1.54) is 28.9 Å². The molecule has 0 spiro atoms. The van der Waals surface area contributed by atoms with Crippen LogP contribution in [-0.4, -0.2) is 54.8 Å². The molecular weight excluding hydrogens is 452 g/mol. The van der Waals surface area contributed by atoms with Crippen molar-refractivity contribution < 1.29 is 13.2 Å².